The average Bonchev–Trinajstić information content (AvgIpc) is 3.24. The van der Waals surface area contributed by atoms with Crippen molar-refractivity contribution in [1.82, 2.24) is 19.5 Å². The van der Waals surface area contributed by atoms with Crippen molar-refractivity contribution < 1.29 is 9.47 Å². The first kappa shape index (κ1) is 23.1. The molecule has 176 valence electrons. The molecule has 4 rings (SSSR count). The van der Waals surface area contributed by atoms with Gasteiger partial charge < -0.3 is 24.3 Å². The maximum atomic E-state index is 5.98. The van der Waals surface area contributed by atoms with Gasteiger partial charge >= 0.3 is 0 Å². The Kier molecular flexibility index (Phi) is 6.40. The molecule has 34 heavy (non-hydrogen) atoms. The Morgan fingerprint density at radius 3 is 2.79 bits per heavy atom. The van der Waals surface area contributed by atoms with Gasteiger partial charge in [-0.3, -0.25) is 0 Å². The number of nitrogens with zero attached hydrogens (tertiary/aromatic N) is 5. The van der Waals surface area contributed by atoms with E-state index >= 15 is 0 Å². The molecule has 1 aromatic carbocycles. The lowest BCUT2D eigenvalue weighted by Crippen LogP contribution is -2.51. The summed E-state index contributed by atoms with van der Waals surface area (Å²) in [5.74, 6) is 2.48. The van der Waals surface area contributed by atoms with Crippen molar-refractivity contribution in [3.8, 4) is 17.2 Å². The van der Waals surface area contributed by atoms with E-state index in [-0.39, 0.29) is 5.54 Å². The van der Waals surface area contributed by atoms with Crippen LogP contribution in [0, 0.1) is 6.92 Å². The van der Waals surface area contributed by atoms with Gasteiger partial charge in [-0.25, -0.2) is 9.97 Å². The molecule has 1 aliphatic heterocycles. The van der Waals surface area contributed by atoms with Gasteiger partial charge in [0.05, 0.1) is 36.6 Å². The van der Waals surface area contributed by atoms with Crippen LogP contribution in [0.25, 0.3) is 5.69 Å². The van der Waals surface area contributed by atoms with E-state index in [0.29, 0.717) is 29.9 Å². The minimum Gasteiger partial charge on any atom is -0.494 e. The van der Waals surface area contributed by atoms with E-state index in [4.69, 9.17) is 14.5 Å². The summed E-state index contributed by atoms with van der Waals surface area (Å²) < 4.78 is 13.5. The van der Waals surface area contributed by atoms with Crippen LogP contribution in [0.3, 0.4) is 0 Å². The second-order valence-corrected chi connectivity index (χ2v) is 8.58. The molecule has 0 fully saturated rings. The minimum atomic E-state index is -0.319. The standard InChI is InChI=1S/C26H30N6O2/c1-7-9-20(10-8-2)32-24-23(34-16-26(32,4)5)14-27-25(30-24)29-19-11-12-21(22(13-19)33-6)31-15-18(3)28-17-31/h7-15,17H,1,16H2,2-6H3,(H,27,29,30)/b10-8-,20-9+. The van der Waals surface area contributed by atoms with Crippen LogP contribution >= 0.6 is 0 Å². The molecule has 3 aromatic rings. The molecule has 0 saturated carbocycles. The zero-order valence-corrected chi connectivity index (χ0v) is 20.2. The fraction of sp³-hybridized carbons (Fsp3) is 0.269. The Balaban J connectivity index is 1.69. The molecule has 0 aliphatic carbocycles. The van der Waals surface area contributed by atoms with Crippen molar-refractivity contribution in [3.63, 3.8) is 0 Å². The number of fused-ring (bicyclic) bond motifs is 1. The van der Waals surface area contributed by atoms with E-state index in [1.165, 1.54) is 0 Å². The smallest absolute Gasteiger partial charge is 0.229 e. The van der Waals surface area contributed by atoms with Gasteiger partial charge in [0.15, 0.2) is 11.6 Å². The number of hydrogen-bond acceptors (Lipinski definition) is 7. The van der Waals surface area contributed by atoms with Crippen LogP contribution < -0.4 is 19.7 Å². The van der Waals surface area contributed by atoms with Gasteiger partial charge in [-0.1, -0.05) is 18.7 Å². The number of imidazole rings is 1. The SMILES string of the molecule is C=C/C=C(\C=C/C)N1c2nc(Nc3ccc(-n4cnc(C)c4)c(OC)c3)ncc2OCC1(C)C. The van der Waals surface area contributed by atoms with Crippen molar-refractivity contribution in [1.29, 1.82) is 0 Å². The van der Waals surface area contributed by atoms with Crippen LogP contribution in [0.2, 0.25) is 0 Å². The minimum absolute atomic E-state index is 0.319. The molecular weight excluding hydrogens is 428 g/mol. The lowest BCUT2D eigenvalue weighted by Gasteiger charge is -2.43. The molecule has 8 heteroatoms. The molecular formula is C26H30N6O2. The monoisotopic (exact) mass is 458 g/mol. The summed E-state index contributed by atoms with van der Waals surface area (Å²) in [5, 5.41) is 3.30. The molecule has 0 atom stereocenters. The molecule has 0 bridgehead atoms. The zero-order chi connectivity index (χ0) is 24.3. The Bertz CT molecular complexity index is 1260. The third-order valence-electron chi connectivity index (χ3n) is 5.44. The van der Waals surface area contributed by atoms with Gasteiger partial charge in [0, 0.05) is 23.6 Å². The molecule has 3 heterocycles. The van der Waals surface area contributed by atoms with Crippen molar-refractivity contribution in [3.05, 3.63) is 79.2 Å². The van der Waals surface area contributed by atoms with Crippen molar-refractivity contribution in [2.45, 2.75) is 33.2 Å². The van der Waals surface area contributed by atoms with E-state index < -0.39 is 0 Å². The maximum absolute atomic E-state index is 5.98. The second-order valence-electron chi connectivity index (χ2n) is 8.58. The fourth-order valence-corrected chi connectivity index (χ4v) is 3.91. The molecule has 0 spiro atoms. The van der Waals surface area contributed by atoms with Crippen molar-refractivity contribution in [2.24, 2.45) is 0 Å². The molecule has 0 amide bonds. The van der Waals surface area contributed by atoms with E-state index in [1.54, 1.807) is 25.7 Å². The number of rotatable bonds is 7. The molecule has 0 saturated heterocycles. The lowest BCUT2D eigenvalue weighted by molar-refractivity contribution is 0.217. The van der Waals surface area contributed by atoms with E-state index in [0.717, 1.165) is 22.8 Å². The predicted molar refractivity (Wildman–Crippen MR) is 135 cm³/mol. The summed E-state index contributed by atoms with van der Waals surface area (Å²) >= 11 is 0. The molecule has 1 aliphatic rings. The van der Waals surface area contributed by atoms with Crippen LogP contribution in [-0.2, 0) is 0 Å². The summed E-state index contributed by atoms with van der Waals surface area (Å²) in [4.78, 5) is 15.8. The highest BCUT2D eigenvalue weighted by molar-refractivity contribution is 5.67. The summed E-state index contributed by atoms with van der Waals surface area (Å²) in [6.07, 6.45) is 13.2. The van der Waals surface area contributed by atoms with Crippen LogP contribution in [-0.4, -0.2) is 38.8 Å². The number of allylic oxidation sites excluding steroid dienone is 4. The third kappa shape index (κ3) is 4.52. The van der Waals surface area contributed by atoms with Gasteiger partial charge in [0.1, 0.15) is 12.4 Å². The summed E-state index contributed by atoms with van der Waals surface area (Å²) in [6.45, 7) is 12.6. The largest absolute Gasteiger partial charge is 0.494 e. The highest BCUT2D eigenvalue weighted by Crippen LogP contribution is 2.40. The zero-order valence-electron chi connectivity index (χ0n) is 20.2. The van der Waals surface area contributed by atoms with E-state index in [2.05, 4.69) is 40.6 Å². The molecule has 1 N–H and O–H groups in total. The maximum Gasteiger partial charge on any atom is 0.229 e. The van der Waals surface area contributed by atoms with Gasteiger partial charge in [-0.15, -0.1) is 0 Å². The van der Waals surface area contributed by atoms with E-state index in [1.807, 2.05) is 61.0 Å². The summed E-state index contributed by atoms with van der Waals surface area (Å²) in [5.41, 5.74) is 3.28. The highest BCUT2D eigenvalue weighted by Gasteiger charge is 2.37. The average molecular weight is 459 g/mol. The summed E-state index contributed by atoms with van der Waals surface area (Å²) in [6, 6.07) is 5.84. The summed E-state index contributed by atoms with van der Waals surface area (Å²) in [7, 11) is 1.65. The van der Waals surface area contributed by atoms with Crippen LogP contribution in [0.5, 0.6) is 11.5 Å². The Morgan fingerprint density at radius 2 is 2.12 bits per heavy atom. The highest BCUT2D eigenvalue weighted by atomic mass is 16.5. The second kappa shape index (κ2) is 9.43. The lowest BCUT2D eigenvalue weighted by atomic mass is 10.0. The first-order valence-electron chi connectivity index (χ1n) is 11.1. The first-order chi connectivity index (χ1) is 16.4. The van der Waals surface area contributed by atoms with Gasteiger partial charge in [-0.2, -0.15) is 4.98 Å². The number of benzene rings is 1. The Labute approximate surface area is 200 Å². The quantitative estimate of drug-likeness (QED) is 0.479. The molecule has 2 aromatic heterocycles. The predicted octanol–water partition coefficient (Wildman–Crippen LogP) is 5.35. The number of anilines is 3. The number of methoxy groups -OCH3 is 1. The first-order valence-corrected chi connectivity index (χ1v) is 11.1. The molecule has 0 radical (unpaired) electrons. The Morgan fingerprint density at radius 1 is 1.29 bits per heavy atom. The number of hydrogen-bond donors (Lipinski definition) is 1. The van der Waals surface area contributed by atoms with E-state index in [9.17, 15) is 0 Å². The third-order valence-corrected chi connectivity index (χ3v) is 5.44. The number of aryl methyl sites for hydroxylation is 1. The number of ether oxygens (including phenoxy) is 2. The molecule has 0 unspecified atom stereocenters. The van der Waals surface area contributed by atoms with Crippen LogP contribution in [0.1, 0.15) is 26.5 Å². The van der Waals surface area contributed by atoms with Gasteiger partial charge in [-0.05, 0) is 52.0 Å². The van der Waals surface area contributed by atoms with Crippen molar-refractivity contribution >= 4 is 17.5 Å². The van der Waals surface area contributed by atoms with Crippen molar-refractivity contribution in [2.75, 3.05) is 23.9 Å². The number of nitrogens with one attached hydrogen (secondary N) is 1. The van der Waals surface area contributed by atoms with Crippen LogP contribution in [0.4, 0.5) is 17.5 Å². The normalized spacial score (nSPS) is 15.1. The van der Waals surface area contributed by atoms with Gasteiger partial charge in [0.2, 0.25) is 5.95 Å². The number of aromatic nitrogens is 4. The Hall–Kier alpha value is -4.07. The van der Waals surface area contributed by atoms with Gasteiger partial charge in [0.25, 0.3) is 0 Å². The fourth-order valence-electron chi connectivity index (χ4n) is 3.91. The van der Waals surface area contributed by atoms with Crippen LogP contribution in [0.15, 0.2) is 73.5 Å². The molecule has 8 nitrogen and oxygen atoms in total. The topological polar surface area (TPSA) is 77.3 Å².